The van der Waals surface area contributed by atoms with E-state index in [2.05, 4.69) is 4.74 Å². The van der Waals surface area contributed by atoms with Crippen LogP contribution in [-0.4, -0.2) is 11.5 Å². The van der Waals surface area contributed by atoms with Gasteiger partial charge in [0, 0.05) is 9.75 Å². The average Bonchev–Trinajstić information content (AvgIpc) is 2.67. The Morgan fingerprint density at radius 3 is 2.45 bits per heavy atom. The second-order valence-electron chi connectivity index (χ2n) is 4.41. The number of aliphatic hydroxyl groups is 1. The minimum absolute atomic E-state index is 0.334. The topological polar surface area (TPSA) is 29.5 Å². The standard InChI is InChI=1S/C14H13F3O2S/c1-8-6-12(20-9(8)2)13(18)10-4-3-5-11(7-10)19-14(15,16)17/h3-7,13,18H,1-2H3. The Balaban J connectivity index is 2.26. The highest BCUT2D eigenvalue weighted by Crippen LogP contribution is 2.32. The molecule has 0 spiro atoms. The number of ether oxygens (including phenoxy) is 1. The van der Waals surface area contributed by atoms with Crippen LogP contribution >= 0.6 is 11.3 Å². The number of alkyl halides is 3. The molecule has 0 radical (unpaired) electrons. The molecule has 1 N–H and O–H groups in total. The van der Waals surface area contributed by atoms with Gasteiger partial charge in [-0.3, -0.25) is 0 Å². The van der Waals surface area contributed by atoms with E-state index < -0.39 is 12.5 Å². The van der Waals surface area contributed by atoms with Gasteiger partial charge in [0.05, 0.1) is 0 Å². The average molecular weight is 302 g/mol. The minimum atomic E-state index is -4.74. The maximum atomic E-state index is 12.2. The Labute approximate surface area is 118 Å². The van der Waals surface area contributed by atoms with Gasteiger partial charge in [-0.05, 0) is 43.2 Å². The summed E-state index contributed by atoms with van der Waals surface area (Å²) in [5.74, 6) is -0.334. The molecule has 6 heteroatoms. The van der Waals surface area contributed by atoms with Crippen LogP contribution in [0, 0.1) is 13.8 Å². The fourth-order valence-corrected chi connectivity index (χ4v) is 2.84. The van der Waals surface area contributed by atoms with Crippen molar-refractivity contribution in [3.05, 3.63) is 51.2 Å². The summed E-state index contributed by atoms with van der Waals surface area (Å²) in [5.41, 5.74) is 1.42. The van der Waals surface area contributed by atoms with Gasteiger partial charge in [0.1, 0.15) is 11.9 Å². The van der Waals surface area contributed by atoms with E-state index >= 15 is 0 Å². The van der Waals surface area contributed by atoms with Gasteiger partial charge in [-0.25, -0.2) is 0 Å². The molecule has 0 bridgehead atoms. The molecule has 2 rings (SSSR count). The predicted molar refractivity (Wildman–Crippen MR) is 71.0 cm³/mol. The molecule has 0 saturated carbocycles. The van der Waals surface area contributed by atoms with Crippen molar-refractivity contribution in [1.82, 2.24) is 0 Å². The van der Waals surface area contributed by atoms with Crippen molar-refractivity contribution in [3.8, 4) is 5.75 Å². The molecule has 0 amide bonds. The van der Waals surface area contributed by atoms with Crippen LogP contribution in [-0.2, 0) is 0 Å². The molecule has 0 aliphatic rings. The summed E-state index contributed by atoms with van der Waals surface area (Å²) in [6.07, 6.45) is -5.69. The highest BCUT2D eigenvalue weighted by atomic mass is 32.1. The summed E-state index contributed by atoms with van der Waals surface area (Å²) in [6.45, 7) is 3.85. The number of benzene rings is 1. The van der Waals surface area contributed by atoms with E-state index in [0.717, 1.165) is 10.4 Å². The van der Waals surface area contributed by atoms with Crippen LogP contribution in [0.2, 0.25) is 0 Å². The van der Waals surface area contributed by atoms with Gasteiger partial charge in [-0.1, -0.05) is 12.1 Å². The number of rotatable bonds is 3. The summed E-state index contributed by atoms with van der Waals surface area (Å²) in [5, 5.41) is 10.2. The number of hydrogen-bond acceptors (Lipinski definition) is 3. The molecule has 0 aliphatic carbocycles. The molecule has 1 atom stereocenters. The van der Waals surface area contributed by atoms with E-state index in [-0.39, 0.29) is 5.75 Å². The number of halogens is 3. The SMILES string of the molecule is Cc1cc(C(O)c2cccc(OC(F)(F)F)c2)sc1C. The predicted octanol–water partition coefficient (Wildman–Crippen LogP) is 4.35. The van der Waals surface area contributed by atoms with E-state index in [1.807, 2.05) is 19.9 Å². The molecule has 1 aromatic carbocycles. The van der Waals surface area contributed by atoms with Gasteiger partial charge in [0.15, 0.2) is 0 Å². The molecule has 1 aromatic heterocycles. The fourth-order valence-electron chi connectivity index (χ4n) is 1.78. The van der Waals surface area contributed by atoms with Crippen molar-refractivity contribution in [2.24, 2.45) is 0 Å². The molecule has 0 aliphatic heterocycles. The second-order valence-corrected chi connectivity index (χ2v) is 5.70. The number of aliphatic hydroxyl groups excluding tert-OH is 1. The van der Waals surface area contributed by atoms with Crippen LogP contribution in [0.4, 0.5) is 13.2 Å². The second kappa shape index (κ2) is 5.46. The maximum Gasteiger partial charge on any atom is 0.573 e. The molecular formula is C14H13F3O2S. The number of hydrogen-bond donors (Lipinski definition) is 1. The quantitative estimate of drug-likeness (QED) is 0.913. The largest absolute Gasteiger partial charge is 0.573 e. The zero-order valence-corrected chi connectivity index (χ0v) is 11.7. The third kappa shape index (κ3) is 3.52. The first-order valence-electron chi connectivity index (χ1n) is 5.87. The lowest BCUT2D eigenvalue weighted by atomic mass is 10.1. The Bertz CT molecular complexity index is 585. The van der Waals surface area contributed by atoms with Crippen LogP contribution in [0.25, 0.3) is 0 Å². The van der Waals surface area contributed by atoms with E-state index in [1.54, 1.807) is 6.07 Å². The Hall–Kier alpha value is -1.53. The molecule has 20 heavy (non-hydrogen) atoms. The summed E-state index contributed by atoms with van der Waals surface area (Å²) < 4.78 is 40.4. The summed E-state index contributed by atoms with van der Waals surface area (Å²) in [4.78, 5) is 1.77. The highest BCUT2D eigenvalue weighted by Gasteiger charge is 2.31. The van der Waals surface area contributed by atoms with Crippen molar-refractivity contribution < 1.29 is 23.0 Å². The van der Waals surface area contributed by atoms with Crippen LogP contribution in [0.3, 0.4) is 0 Å². The van der Waals surface area contributed by atoms with Crippen LogP contribution in [0.5, 0.6) is 5.75 Å². The monoisotopic (exact) mass is 302 g/mol. The van der Waals surface area contributed by atoms with E-state index in [9.17, 15) is 18.3 Å². The molecular weight excluding hydrogens is 289 g/mol. The van der Waals surface area contributed by atoms with Crippen molar-refractivity contribution >= 4 is 11.3 Å². The van der Waals surface area contributed by atoms with E-state index in [0.29, 0.717) is 10.4 Å². The summed E-state index contributed by atoms with van der Waals surface area (Å²) >= 11 is 1.42. The van der Waals surface area contributed by atoms with E-state index in [1.165, 1.54) is 29.5 Å². The Morgan fingerprint density at radius 1 is 1.20 bits per heavy atom. The van der Waals surface area contributed by atoms with Gasteiger partial charge >= 0.3 is 6.36 Å². The molecule has 1 heterocycles. The first kappa shape index (κ1) is 14.9. The van der Waals surface area contributed by atoms with Crippen LogP contribution in [0.1, 0.15) is 27.0 Å². The van der Waals surface area contributed by atoms with Gasteiger partial charge in [0.2, 0.25) is 0 Å². The minimum Gasteiger partial charge on any atom is -0.406 e. The first-order chi connectivity index (χ1) is 9.26. The lowest BCUT2D eigenvalue weighted by Crippen LogP contribution is -2.17. The zero-order valence-electron chi connectivity index (χ0n) is 10.9. The fraction of sp³-hybridized carbons (Fsp3) is 0.286. The molecule has 0 saturated heterocycles. The van der Waals surface area contributed by atoms with Crippen molar-refractivity contribution in [2.75, 3.05) is 0 Å². The van der Waals surface area contributed by atoms with Gasteiger partial charge in [-0.2, -0.15) is 0 Å². The third-order valence-electron chi connectivity index (χ3n) is 2.86. The lowest BCUT2D eigenvalue weighted by molar-refractivity contribution is -0.274. The smallest absolute Gasteiger partial charge is 0.406 e. The molecule has 0 fully saturated rings. The molecule has 108 valence electrons. The van der Waals surface area contributed by atoms with Crippen LogP contribution < -0.4 is 4.74 Å². The molecule has 2 aromatic rings. The highest BCUT2D eigenvalue weighted by molar-refractivity contribution is 7.12. The molecule has 1 unspecified atom stereocenters. The Morgan fingerprint density at radius 2 is 1.90 bits per heavy atom. The summed E-state index contributed by atoms with van der Waals surface area (Å²) in [6, 6.07) is 7.23. The Kier molecular flexibility index (Phi) is 4.06. The number of thiophene rings is 1. The first-order valence-corrected chi connectivity index (χ1v) is 6.68. The van der Waals surface area contributed by atoms with Crippen molar-refractivity contribution in [3.63, 3.8) is 0 Å². The van der Waals surface area contributed by atoms with Crippen molar-refractivity contribution in [2.45, 2.75) is 26.3 Å². The van der Waals surface area contributed by atoms with Gasteiger partial charge in [-0.15, -0.1) is 24.5 Å². The third-order valence-corrected chi connectivity index (χ3v) is 4.07. The van der Waals surface area contributed by atoms with Crippen molar-refractivity contribution in [1.29, 1.82) is 0 Å². The zero-order chi connectivity index (χ0) is 14.9. The maximum absolute atomic E-state index is 12.2. The van der Waals surface area contributed by atoms with Gasteiger partial charge < -0.3 is 9.84 Å². The lowest BCUT2D eigenvalue weighted by Gasteiger charge is -2.12. The summed E-state index contributed by atoms with van der Waals surface area (Å²) in [7, 11) is 0. The number of aryl methyl sites for hydroxylation is 2. The normalized spacial score (nSPS) is 13.3. The van der Waals surface area contributed by atoms with Crippen LogP contribution in [0.15, 0.2) is 30.3 Å². The van der Waals surface area contributed by atoms with Gasteiger partial charge in [0.25, 0.3) is 0 Å². The molecule has 2 nitrogen and oxygen atoms in total. The van der Waals surface area contributed by atoms with E-state index in [4.69, 9.17) is 0 Å².